The van der Waals surface area contributed by atoms with Gasteiger partial charge in [-0.2, -0.15) is 10.1 Å². The van der Waals surface area contributed by atoms with E-state index in [2.05, 4.69) is 27.7 Å². The summed E-state index contributed by atoms with van der Waals surface area (Å²) < 4.78 is 0. The Morgan fingerprint density at radius 3 is 1.35 bits per heavy atom. The predicted molar refractivity (Wildman–Crippen MR) is 88.5 cm³/mol. The van der Waals surface area contributed by atoms with Crippen molar-refractivity contribution >= 4 is 5.97 Å². The van der Waals surface area contributed by atoms with Gasteiger partial charge in [-0.1, -0.05) is 0 Å². The quantitative estimate of drug-likeness (QED) is 0.683. The molecule has 0 amide bonds. The highest BCUT2D eigenvalue weighted by atomic mass is 16.5. The number of rotatable bonds is 1. The summed E-state index contributed by atoms with van der Waals surface area (Å²) in [5.74, 6) is -1.35. The van der Waals surface area contributed by atoms with E-state index in [1.165, 1.54) is 10.1 Å². The number of hydrogen-bond donors (Lipinski definition) is 3. The zero-order valence-electron chi connectivity index (χ0n) is 15.8. The molecule has 6 nitrogen and oxygen atoms in total. The molecule has 0 aromatic rings. The van der Waals surface area contributed by atoms with E-state index in [1.54, 1.807) is 13.8 Å². The minimum Gasteiger partial charge on any atom is -0.481 e. The van der Waals surface area contributed by atoms with Gasteiger partial charge in [-0.15, -0.1) is 0 Å². The summed E-state index contributed by atoms with van der Waals surface area (Å²) in [5, 5.41) is 31.0. The maximum atomic E-state index is 10.9. The van der Waals surface area contributed by atoms with Crippen LogP contribution in [-0.4, -0.2) is 53.8 Å². The second kappa shape index (κ2) is 5.99. The molecule has 1 unspecified atom stereocenters. The van der Waals surface area contributed by atoms with Gasteiger partial charge in [-0.25, -0.2) is 0 Å². The molecule has 0 spiro atoms. The van der Waals surface area contributed by atoms with Crippen LogP contribution in [0.2, 0.25) is 0 Å². The van der Waals surface area contributed by atoms with Crippen molar-refractivity contribution in [2.75, 3.05) is 0 Å². The fourth-order valence-corrected chi connectivity index (χ4v) is 3.80. The van der Waals surface area contributed by atoms with E-state index in [9.17, 15) is 15.2 Å². The lowest BCUT2D eigenvalue weighted by molar-refractivity contribution is -0.199. The number of hydrogen-bond acceptors (Lipinski definition) is 5. The topological polar surface area (TPSA) is 84.2 Å². The Morgan fingerprint density at radius 1 is 0.826 bits per heavy atom. The molecule has 0 aromatic carbocycles. The van der Waals surface area contributed by atoms with Crippen LogP contribution in [-0.2, 0) is 4.79 Å². The first-order valence-corrected chi connectivity index (χ1v) is 8.27. The minimum absolute atomic E-state index is 0.0243. The Bertz CT molecular complexity index is 442. The van der Waals surface area contributed by atoms with Crippen LogP contribution in [0.5, 0.6) is 0 Å². The molecular weight excluding hydrogens is 296 g/mol. The van der Waals surface area contributed by atoms with E-state index in [-0.39, 0.29) is 11.1 Å². The highest BCUT2D eigenvalue weighted by Crippen LogP contribution is 2.43. The summed E-state index contributed by atoms with van der Waals surface area (Å²) in [4.78, 5) is 10.9. The Balaban J connectivity index is 0.000000238. The molecule has 0 bridgehead atoms. The van der Waals surface area contributed by atoms with Crippen molar-refractivity contribution in [2.24, 2.45) is 5.92 Å². The molecule has 2 rings (SSSR count). The van der Waals surface area contributed by atoms with Crippen molar-refractivity contribution in [3.63, 3.8) is 0 Å². The lowest BCUT2D eigenvalue weighted by Crippen LogP contribution is -2.48. The van der Waals surface area contributed by atoms with Crippen LogP contribution in [0.1, 0.15) is 74.7 Å². The van der Waals surface area contributed by atoms with Crippen LogP contribution in [0, 0.1) is 5.92 Å². The smallest absolute Gasteiger partial charge is 0.308 e. The van der Waals surface area contributed by atoms with Gasteiger partial charge in [0, 0.05) is 16.6 Å². The third kappa shape index (κ3) is 3.87. The third-order valence-electron chi connectivity index (χ3n) is 5.47. The lowest BCUT2D eigenvalue weighted by Gasteiger charge is -2.34. The van der Waals surface area contributed by atoms with Crippen molar-refractivity contribution < 1.29 is 20.3 Å². The molecular formula is C17H34N2O4. The molecule has 136 valence electrons. The summed E-state index contributed by atoms with van der Waals surface area (Å²) in [5.41, 5.74) is -1.19. The Hall–Kier alpha value is -0.690. The van der Waals surface area contributed by atoms with Gasteiger partial charge in [0.1, 0.15) is 0 Å². The van der Waals surface area contributed by atoms with Crippen LogP contribution < -0.4 is 0 Å². The molecule has 0 aliphatic carbocycles. The number of carboxylic acid groups (broad SMARTS) is 1. The average molecular weight is 330 g/mol. The van der Waals surface area contributed by atoms with Crippen LogP contribution in [0.15, 0.2) is 0 Å². The van der Waals surface area contributed by atoms with E-state index < -0.39 is 23.0 Å². The first-order valence-electron chi connectivity index (χ1n) is 8.27. The van der Waals surface area contributed by atoms with Crippen molar-refractivity contribution in [3.05, 3.63) is 0 Å². The summed E-state index contributed by atoms with van der Waals surface area (Å²) >= 11 is 0. The van der Waals surface area contributed by atoms with Crippen LogP contribution >= 0.6 is 0 Å². The molecule has 6 heteroatoms. The Kier molecular flexibility index (Phi) is 5.30. The second-order valence-electron chi connectivity index (χ2n) is 9.31. The van der Waals surface area contributed by atoms with Gasteiger partial charge in [-0.3, -0.25) is 4.79 Å². The molecule has 2 saturated heterocycles. The Labute approximate surface area is 140 Å². The maximum absolute atomic E-state index is 10.9. The van der Waals surface area contributed by atoms with Crippen LogP contribution in [0.4, 0.5) is 0 Å². The molecule has 0 saturated carbocycles. The summed E-state index contributed by atoms with van der Waals surface area (Å²) in [6, 6.07) is 0. The highest BCUT2D eigenvalue weighted by molar-refractivity contribution is 5.72. The molecule has 2 heterocycles. The zero-order valence-corrected chi connectivity index (χ0v) is 15.8. The van der Waals surface area contributed by atoms with Crippen molar-refractivity contribution in [1.82, 2.24) is 10.1 Å². The summed E-state index contributed by atoms with van der Waals surface area (Å²) in [7, 11) is 0. The van der Waals surface area contributed by atoms with Gasteiger partial charge in [0.05, 0.1) is 11.5 Å². The van der Waals surface area contributed by atoms with E-state index in [0.29, 0.717) is 6.42 Å². The van der Waals surface area contributed by atoms with Gasteiger partial charge in [0.25, 0.3) is 0 Å². The van der Waals surface area contributed by atoms with Crippen LogP contribution in [0.3, 0.4) is 0 Å². The van der Waals surface area contributed by atoms with E-state index in [1.807, 2.05) is 13.8 Å². The summed E-state index contributed by atoms with van der Waals surface area (Å²) in [6.45, 7) is 15.5. The predicted octanol–water partition coefficient (Wildman–Crippen LogP) is 3.37. The molecule has 2 aliphatic heterocycles. The van der Waals surface area contributed by atoms with Gasteiger partial charge in [0.2, 0.25) is 0 Å². The molecule has 23 heavy (non-hydrogen) atoms. The molecule has 2 aliphatic rings. The van der Waals surface area contributed by atoms with Gasteiger partial charge in [-0.05, 0) is 74.7 Å². The Morgan fingerprint density at radius 2 is 1.22 bits per heavy atom. The average Bonchev–Trinajstić information content (AvgIpc) is 2.68. The zero-order chi connectivity index (χ0) is 18.4. The lowest BCUT2D eigenvalue weighted by atomic mass is 9.87. The van der Waals surface area contributed by atoms with Gasteiger partial charge >= 0.3 is 5.97 Å². The monoisotopic (exact) mass is 330 g/mol. The number of carbonyl (C=O) groups is 1. The standard InChI is InChI=1S/C9H17NO3.C8H17NO/c1-8(2)5-6(7(11)12)9(3,4)10(8)13;1-7(2)5-6-8(3,4)9(7)10/h6,13H,5H2,1-4H3,(H,11,12);10H,5-6H2,1-4H3. The third-order valence-corrected chi connectivity index (χ3v) is 5.47. The molecule has 1 atom stereocenters. The fourth-order valence-electron chi connectivity index (χ4n) is 3.80. The number of hydroxylamine groups is 4. The minimum atomic E-state index is -0.838. The fraction of sp³-hybridized carbons (Fsp3) is 0.941. The summed E-state index contributed by atoms with van der Waals surface area (Å²) in [6.07, 6.45) is 2.64. The largest absolute Gasteiger partial charge is 0.481 e. The number of nitrogens with zero attached hydrogens (tertiary/aromatic N) is 2. The first-order chi connectivity index (χ1) is 10.1. The molecule has 0 radical (unpaired) electrons. The van der Waals surface area contributed by atoms with Crippen molar-refractivity contribution in [2.45, 2.75) is 96.8 Å². The number of aliphatic carboxylic acids is 1. The molecule has 0 aromatic heterocycles. The van der Waals surface area contributed by atoms with E-state index in [4.69, 9.17) is 5.11 Å². The van der Waals surface area contributed by atoms with Crippen molar-refractivity contribution in [3.8, 4) is 0 Å². The van der Waals surface area contributed by atoms with Crippen molar-refractivity contribution in [1.29, 1.82) is 0 Å². The first kappa shape index (κ1) is 20.4. The molecule has 3 N–H and O–H groups in total. The normalized spacial score (nSPS) is 31.5. The van der Waals surface area contributed by atoms with Gasteiger partial charge in [0.15, 0.2) is 0 Å². The highest BCUT2D eigenvalue weighted by Gasteiger charge is 2.54. The second-order valence-corrected chi connectivity index (χ2v) is 9.31. The van der Waals surface area contributed by atoms with E-state index >= 15 is 0 Å². The maximum Gasteiger partial charge on any atom is 0.308 e. The van der Waals surface area contributed by atoms with Gasteiger partial charge < -0.3 is 15.5 Å². The van der Waals surface area contributed by atoms with E-state index in [0.717, 1.165) is 12.8 Å². The molecule has 2 fully saturated rings. The SMILES string of the molecule is CC1(C)CC(C(=O)O)C(C)(C)N1O.CC1(C)CCC(C)(C)N1O. The van der Waals surface area contributed by atoms with Crippen LogP contribution in [0.25, 0.3) is 0 Å². The number of carboxylic acids is 1.